The molecule has 2 rings (SSSR count). The maximum atomic E-state index is 10.5. The molecule has 1 N–H and O–H groups in total. The Labute approximate surface area is 115 Å². The predicted octanol–water partition coefficient (Wildman–Crippen LogP) is 3.71. The number of hydrogen-bond donors (Lipinski definition) is 1. The lowest BCUT2D eigenvalue weighted by Gasteiger charge is -2.25. The molecule has 106 valence electrons. The van der Waals surface area contributed by atoms with Gasteiger partial charge in [-0.3, -0.25) is 0 Å². The molecule has 0 heterocycles. The number of para-hydroxylation sites is 1. The lowest BCUT2D eigenvalue weighted by atomic mass is 9.84. The van der Waals surface area contributed by atoms with Gasteiger partial charge in [0.25, 0.3) is 0 Å². The van der Waals surface area contributed by atoms with Crippen molar-refractivity contribution < 1.29 is 14.6 Å². The van der Waals surface area contributed by atoms with E-state index in [4.69, 9.17) is 9.47 Å². The van der Waals surface area contributed by atoms with Crippen LogP contribution >= 0.6 is 0 Å². The van der Waals surface area contributed by atoms with Crippen LogP contribution in [0, 0.1) is 5.92 Å². The molecular weight excluding hydrogens is 240 g/mol. The van der Waals surface area contributed by atoms with E-state index in [9.17, 15) is 5.11 Å². The average molecular weight is 264 g/mol. The van der Waals surface area contributed by atoms with Crippen LogP contribution in [0.25, 0.3) is 0 Å². The normalized spacial score (nSPS) is 18.1. The van der Waals surface area contributed by atoms with Crippen LogP contribution in [0.2, 0.25) is 0 Å². The van der Waals surface area contributed by atoms with Gasteiger partial charge < -0.3 is 14.6 Å². The van der Waals surface area contributed by atoms with E-state index in [1.165, 1.54) is 32.1 Å². The van der Waals surface area contributed by atoms with Crippen LogP contribution in [0.5, 0.6) is 11.5 Å². The van der Waals surface area contributed by atoms with Crippen LogP contribution in [0.1, 0.15) is 50.2 Å². The molecule has 1 unspecified atom stereocenters. The first-order valence-electron chi connectivity index (χ1n) is 7.15. The highest BCUT2D eigenvalue weighted by Crippen LogP contribution is 2.38. The van der Waals surface area contributed by atoms with E-state index in [0.717, 1.165) is 12.0 Å². The maximum Gasteiger partial charge on any atom is 0.166 e. The summed E-state index contributed by atoms with van der Waals surface area (Å²) >= 11 is 0. The van der Waals surface area contributed by atoms with E-state index >= 15 is 0 Å². The fourth-order valence-electron chi connectivity index (χ4n) is 3.04. The number of aliphatic hydroxyl groups is 1. The van der Waals surface area contributed by atoms with Gasteiger partial charge in [0.15, 0.2) is 11.5 Å². The topological polar surface area (TPSA) is 38.7 Å². The Morgan fingerprint density at radius 2 is 1.89 bits per heavy atom. The van der Waals surface area contributed by atoms with Crippen LogP contribution in [0.4, 0.5) is 0 Å². The lowest BCUT2D eigenvalue weighted by molar-refractivity contribution is 0.128. The molecule has 0 radical (unpaired) electrons. The van der Waals surface area contributed by atoms with Gasteiger partial charge in [0.1, 0.15) is 0 Å². The first-order valence-corrected chi connectivity index (χ1v) is 7.15. The van der Waals surface area contributed by atoms with Gasteiger partial charge in [0.05, 0.1) is 20.3 Å². The third kappa shape index (κ3) is 3.41. The summed E-state index contributed by atoms with van der Waals surface area (Å²) in [4.78, 5) is 0. The second-order valence-corrected chi connectivity index (χ2v) is 5.34. The summed E-state index contributed by atoms with van der Waals surface area (Å²) < 4.78 is 10.7. The van der Waals surface area contributed by atoms with Gasteiger partial charge in [0, 0.05) is 5.56 Å². The first kappa shape index (κ1) is 14.2. The molecule has 0 saturated heterocycles. The minimum Gasteiger partial charge on any atom is -0.493 e. The standard InChI is InChI=1S/C16H24O3/c1-18-15-10-6-9-13(16(15)19-2)14(17)11-12-7-4-3-5-8-12/h6,9-10,12,14,17H,3-5,7-8,11H2,1-2H3. The molecule has 0 aliphatic heterocycles. The Morgan fingerprint density at radius 1 is 1.16 bits per heavy atom. The molecule has 1 aromatic carbocycles. The predicted molar refractivity (Wildman–Crippen MR) is 75.7 cm³/mol. The van der Waals surface area contributed by atoms with Crippen molar-refractivity contribution in [2.75, 3.05) is 14.2 Å². The van der Waals surface area contributed by atoms with E-state index < -0.39 is 6.10 Å². The minimum atomic E-state index is -0.465. The van der Waals surface area contributed by atoms with Crippen molar-refractivity contribution in [1.29, 1.82) is 0 Å². The summed E-state index contributed by atoms with van der Waals surface area (Å²) in [5.74, 6) is 1.98. The Hall–Kier alpha value is -1.22. The van der Waals surface area contributed by atoms with Crippen LogP contribution in [-0.4, -0.2) is 19.3 Å². The fraction of sp³-hybridized carbons (Fsp3) is 0.625. The number of ether oxygens (including phenoxy) is 2. The molecule has 0 bridgehead atoms. The zero-order valence-corrected chi connectivity index (χ0v) is 11.9. The quantitative estimate of drug-likeness (QED) is 0.881. The van der Waals surface area contributed by atoms with Gasteiger partial charge in [-0.25, -0.2) is 0 Å². The van der Waals surface area contributed by atoms with E-state index in [1.807, 2.05) is 18.2 Å². The van der Waals surface area contributed by atoms with Crippen molar-refractivity contribution in [2.45, 2.75) is 44.6 Å². The highest BCUT2D eigenvalue weighted by atomic mass is 16.5. The minimum absolute atomic E-state index is 0.465. The van der Waals surface area contributed by atoms with Crippen LogP contribution in [0.15, 0.2) is 18.2 Å². The molecule has 19 heavy (non-hydrogen) atoms. The summed E-state index contributed by atoms with van der Waals surface area (Å²) in [6.45, 7) is 0. The Balaban J connectivity index is 2.11. The molecule has 1 atom stereocenters. The summed E-state index contributed by atoms with van der Waals surface area (Å²) in [5, 5.41) is 10.5. The van der Waals surface area contributed by atoms with E-state index in [2.05, 4.69) is 0 Å². The van der Waals surface area contributed by atoms with Crippen LogP contribution in [0.3, 0.4) is 0 Å². The smallest absolute Gasteiger partial charge is 0.166 e. The van der Waals surface area contributed by atoms with Gasteiger partial charge in [-0.1, -0.05) is 44.2 Å². The van der Waals surface area contributed by atoms with Gasteiger partial charge in [-0.2, -0.15) is 0 Å². The van der Waals surface area contributed by atoms with Crippen LogP contribution in [-0.2, 0) is 0 Å². The number of aliphatic hydroxyl groups excluding tert-OH is 1. The number of benzene rings is 1. The van der Waals surface area contributed by atoms with Gasteiger partial charge in [-0.15, -0.1) is 0 Å². The third-order valence-corrected chi connectivity index (χ3v) is 4.07. The largest absolute Gasteiger partial charge is 0.493 e. The maximum absolute atomic E-state index is 10.5. The first-order chi connectivity index (χ1) is 9.26. The SMILES string of the molecule is COc1cccc(C(O)CC2CCCCC2)c1OC. The lowest BCUT2D eigenvalue weighted by Crippen LogP contribution is -2.12. The second kappa shape index (κ2) is 6.80. The average Bonchev–Trinajstić information content (AvgIpc) is 2.47. The Morgan fingerprint density at radius 3 is 2.53 bits per heavy atom. The van der Waals surface area contributed by atoms with Gasteiger partial charge in [0.2, 0.25) is 0 Å². The highest BCUT2D eigenvalue weighted by molar-refractivity contribution is 5.47. The zero-order valence-electron chi connectivity index (χ0n) is 11.9. The number of hydrogen-bond acceptors (Lipinski definition) is 3. The monoisotopic (exact) mass is 264 g/mol. The molecular formula is C16H24O3. The molecule has 3 heteroatoms. The molecule has 1 saturated carbocycles. The van der Waals surface area contributed by atoms with E-state index in [1.54, 1.807) is 14.2 Å². The Bertz CT molecular complexity index is 397. The Kier molecular flexibility index (Phi) is 5.08. The molecule has 1 aromatic rings. The van der Waals surface area contributed by atoms with Crippen molar-refractivity contribution >= 4 is 0 Å². The third-order valence-electron chi connectivity index (χ3n) is 4.07. The van der Waals surface area contributed by atoms with Gasteiger partial charge in [-0.05, 0) is 18.4 Å². The second-order valence-electron chi connectivity index (χ2n) is 5.34. The van der Waals surface area contributed by atoms with Crippen molar-refractivity contribution in [3.63, 3.8) is 0 Å². The van der Waals surface area contributed by atoms with Gasteiger partial charge >= 0.3 is 0 Å². The highest BCUT2D eigenvalue weighted by Gasteiger charge is 2.22. The fourth-order valence-corrected chi connectivity index (χ4v) is 3.04. The van der Waals surface area contributed by atoms with Crippen molar-refractivity contribution in [3.8, 4) is 11.5 Å². The molecule has 1 fully saturated rings. The molecule has 0 aromatic heterocycles. The summed E-state index contributed by atoms with van der Waals surface area (Å²) in [5.41, 5.74) is 0.840. The molecule has 0 spiro atoms. The zero-order chi connectivity index (χ0) is 13.7. The van der Waals surface area contributed by atoms with E-state index in [0.29, 0.717) is 17.4 Å². The van der Waals surface area contributed by atoms with E-state index in [-0.39, 0.29) is 0 Å². The van der Waals surface area contributed by atoms with Crippen molar-refractivity contribution in [2.24, 2.45) is 5.92 Å². The summed E-state index contributed by atoms with van der Waals surface area (Å²) in [6, 6.07) is 5.69. The van der Waals surface area contributed by atoms with Crippen LogP contribution < -0.4 is 9.47 Å². The van der Waals surface area contributed by atoms with Crippen molar-refractivity contribution in [3.05, 3.63) is 23.8 Å². The molecule has 1 aliphatic rings. The molecule has 1 aliphatic carbocycles. The number of rotatable bonds is 5. The summed E-state index contributed by atoms with van der Waals surface area (Å²) in [6.07, 6.45) is 6.78. The number of methoxy groups -OCH3 is 2. The molecule has 3 nitrogen and oxygen atoms in total. The summed E-state index contributed by atoms with van der Waals surface area (Å²) in [7, 11) is 3.24. The molecule has 0 amide bonds. The van der Waals surface area contributed by atoms with Crippen molar-refractivity contribution in [1.82, 2.24) is 0 Å².